The number of carbonyl (C=O) groups excluding carboxylic acids is 1. The van der Waals surface area contributed by atoms with Crippen LogP contribution in [0.4, 0.5) is 4.39 Å². The topological polar surface area (TPSA) is 17.1 Å². The first-order valence-electron chi connectivity index (χ1n) is 5.64. The Balaban J connectivity index is 2.40. The molecule has 1 aliphatic carbocycles. The molecule has 2 rings (SSSR count). The molecule has 0 bridgehead atoms. The monoisotopic (exact) mass is 220 g/mol. The molecule has 1 unspecified atom stereocenters. The Morgan fingerprint density at radius 3 is 2.12 bits per heavy atom. The van der Waals surface area contributed by atoms with E-state index in [1.165, 1.54) is 0 Å². The van der Waals surface area contributed by atoms with Gasteiger partial charge in [-0.3, -0.25) is 4.79 Å². The SMILES string of the molecule is Cc1cc(C2CC(=O)C2(C)C)cc(C)c1F. The quantitative estimate of drug-likeness (QED) is 0.707. The summed E-state index contributed by atoms with van der Waals surface area (Å²) in [7, 11) is 0. The lowest BCUT2D eigenvalue weighted by Gasteiger charge is -2.43. The molecule has 0 aromatic heterocycles. The molecule has 0 heterocycles. The molecule has 1 nitrogen and oxygen atoms in total. The van der Waals surface area contributed by atoms with Crippen molar-refractivity contribution >= 4 is 5.78 Å². The summed E-state index contributed by atoms with van der Waals surface area (Å²) in [6, 6.07) is 3.75. The highest BCUT2D eigenvalue weighted by Crippen LogP contribution is 2.49. The summed E-state index contributed by atoms with van der Waals surface area (Å²) < 4.78 is 13.5. The second-order valence-corrected chi connectivity index (χ2v) is 5.37. The third-order valence-corrected chi connectivity index (χ3v) is 3.84. The molecule has 1 fully saturated rings. The molecule has 0 saturated heterocycles. The molecule has 0 amide bonds. The predicted octanol–water partition coefficient (Wildman–Crippen LogP) is 3.53. The van der Waals surface area contributed by atoms with Crippen LogP contribution in [0.15, 0.2) is 12.1 Å². The number of ketones is 1. The van der Waals surface area contributed by atoms with Crippen LogP contribution in [0.2, 0.25) is 0 Å². The van der Waals surface area contributed by atoms with Crippen LogP contribution in [0.5, 0.6) is 0 Å². The number of carbonyl (C=O) groups is 1. The molecule has 0 radical (unpaired) electrons. The molecular weight excluding hydrogens is 203 g/mol. The number of halogens is 1. The summed E-state index contributed by atoms with van der Waals surface area (Å²) in [6.07, 6.45) is 0.595. The van der Waals surface area contributed by atoms with E-state index < -0.39 is 0 Å². The van der Waals surface area contributed by atoms with Crippen molar-refractivity contribution in [2.45, 2.75) is 40.0 Å². The maximum absolute atomic E-state index is 13.5. The largest absolute Gasteiger partial charge is 0.299 e. The third kappa shape index (κ3) is 1.48. The minimum absolute atomic E-state index is 0.132. The Morgan fingerprint density at radius 1 is 1.25 bits per heavy atom. The van der Waals surface area contributed by atoms with Gasteiger partial charge >= 0.3 is 0 Å². The summed E-state index contributed by atoms with van der Waals surface area (Å²) in [4.78, 5) is 11.5. The van der Waals surface area contributed by atoms with Gasteiger partial charge in [0, 0.05) is 17.8 Å². The van der Waals surface area contributed by atoms with Gasteiger partial charge in [0.25, 0.3) is 0 Å². The molecule has 86 valence electrons. The predicted molar refractivity (Wildman–Crippen MR) is 62.0 cm³/mol. The maximum Gasteiger partial charge on any atom is 0.139 e. The minimum Gasteiger partial charge on any atom is -0.299 e. The molecule has 1 aliphatic rings. The fraction of sp³-hybridized carbons (Fsp3) is 0.500. The van der Waals surface area contributed by atoms with Crippen molar-refractivity contribution in [3.8, 4) is 0 Å². The summed E-state index contributed by atoms with van der Waals surface area (Å²) in [5, 5.41) is 0. The minimum atomic E-state index is -0.281. The first-order chi connectivity index (χ1) is 7.34. The normalized spacial score (nSPS) is 23.1. The van der Waals surface area contributed by atoms with E-state index in [-0.39, 0.29) is 17.2 Å². The van der Waals surface area contributed by atoms with Crippen LogP contribution < -0.4 is 0 Å². The van der Waals surface area contributed by atoms with Crippen LogP contribution >= 0.6 is 0 Å². The van der Waals surface area contributed by atoms with Gasteiger partial charge in [-0.15, -0.1) is 0 Å². The van der Waals surface area contributed by atoms with E-state index in [0.717, 1.165) is 5.56 Å². The first-order valence-corrected chi connectivity index (χ1v) is 5.64. The van der Waals surface area contributed by atoms with Gasteiger partial charge in [-0.05, 0) is 30.5 Å². The number of Topliss-reactive ketones (excluding diaryl/α,β-unsaturated/α-hetero) is 1. The van der Waals surface area contributed by atoms with Gasteiger partial charge in [-0.2, -0.15) is 0 Å². The van der Waals surface area contributed by atoms with Crippen molar-refractivity contribution < 1.29 is 9.18 Å². The van der Waals surface area contributed by atoms with Gasteiger partial charge < -0.3 is 0 Å². The van der Waals surface area contributed by atoms with Crippen molar-refractivity contribution in [1.82, 2.24) is 0 Å². The molecule has 0 spiro atoms. The van der Waals surface area contributed by atoms with Gasteiger partial charge in [-0.1, -0.05) is 26.0 Å². The second kappa shape index (κ2) is 3.41. The Morgan fingerprint density at radius 2 is 1.75 bits per heavy atom. The molecule has 1 aromatic carbocycles. The Bertz CT molecular complexity index is 437. The van der Waals surface area contributed by atoms with Crippen molar-refractivity contribution in [2.75, 3.05) is 0 Å². The summed E-state index contributed by atoms with van der Waals surface area (Å²) >= 11 is 0. The van der Waals surface area contributed by atoms with Crippen LogP contribution in [0.25, 0.3) is 0 Å². The Kier molecular flexibility index (Phi) is 2.41. The van der Waals surface area contributed by atoms with Crippen LogP contribution in [0.1, 0.15) is 42.9 Å². The van der Waals surface area contributed by atoms with Gasteiger partial charge in [0.15, 0.2) is 0 Å². The standard InChI is InChI=1S/C14H17FO/c1-8-5-10(6-9(2)13(8)15)11-7-12(16)14(11,3)4/h5-6,11H,7H2,1-4H3. The number of hydrogen-bond acceptors (Lipinski definition) is 1. The maximum atomic E-state index is 13.5. The lowest BCUT2D eigenvalue weighted by atomic mass is 9.59. The van der Waals surface area contributed by atoms with Crippen molar-refractivity contribution in [3.63, 3.8) is 0 Å². The highest BCUT2D eigenvalue weighted by molar-refractivity contribution is 5.92. The van der Waals surface area contributed by atoms with E-state index in [0.29, 0.717) is 23.3 Å². The second-order valence-electron chi connectivity index (χ2n) is 5.37. The highest BCUT2D eigenvalue weighted by atomic mass is 19.1. The molecular formula is C14H17FO. The molecule has 1 atom stereocenters. The summed E-state index contributed by atoms with van der Waals surface area (Å²) in [5.74, 6) is 0.419. The van der Waals surface area contributed by atoms with Crippen molar-refractivity contribution in [3.05, 3.63) is 34.6 Å². The van der Waals surface area contributed by atoms with Crippen LogP contribution in [-0.2, 0) is 4.79 Å². The third-order valence-electron chi connectivity index (χ3n) is 3.84. The molecule has 1 aromatic rings. The zero-order valence-corrected chi connectivity index (χ0v) is 10.2. The molecule has 2 heteroatoms. The Hall–Kier alpha value is -1.18. The number of hydrogen-bond donors (Lipinski definition) is 0. The van der Waals surface area contributed by atoms with Gasteiger partial charge in [0.2, 0.25) is 0 Å². The van der Waals surface area contributed by atoms with Crippen LogP contribution in [0.3, 0.4) is 0 Å². The average Bonchev–Trinajstić information content (AvgIpc) is 2.21. The molecule has 0 aliphatic heterocycles. The molecule has 1 saturated carbocycles. The van der Waals surface area contributed by atoms with Crippen molar-refractivity contribution in [1.29, 1.82) is 0 Å². The molecule has 16 heavy (non-hydrogen) atoms. The fourth-order valence-corrected chi connectivity index (χ4v) is 2.48. The lowest BCUT2D eigenvalue weighted by molar-refractivity contribution is -0.137. The fourth-order valence-electron chi connectivity index (χ4n) is 2.48. The van der Waals surface area contributed by atoms with E-state index in [2.05, 4.69) is 0 Å². The summed E-state index contributed by atoms with van der Waals surface area (Å²) in [5.41, 5.74) is 2.16. The zero-order chi connectivity index (χ0) is 12.1. The van der Waals surface area contributed by atoms with E-state index in [9.17, 15) is 9.18 Å². The van der Waals surface area contributed by atoms with Crippen LogP contribution in [-0.4, -0.2) is 5.78 Å². The number of rotatable bonds is 1. The molecule has 0 N–H and O–H groups in total. The van der Waals surface area contributed by atoms with E-state index in [4.69, 9.17) is 0 Å². The van der Waals surface area contributed by atoms with E-state index in [1.807, 2.05) is 26.0 Å². The van der Waals surface area contributed by atoms with Crippen molar-refractivity contribution in [2.24, 2.45) is 5.41 Å². The Labute approximate surface area is 95.7 Å². The van der Waals surface area contributed by atoms with Gasteiger partial charge in [0.05, 0.1) is 0 Å². The summed E-state index contributed by atoms with van der Waals surface area (Å²) in [6.45, 7) is 7.49. The zero-order valence-electron chi connectivity index (χ0n) is 10.2. The van der Waals surface area contributed by atoms with Gasteiger partial charge in [0.1, 0.15) is 11.6 Å². The highest BCUT2D eigenvalue weighted by Gasteiger charge is 2.47. The lowest BCUT2D eigenvalue weighted by Crippen LogP contribution is -2.43. The smallest absolute Gasteiger partial charge is 0.139 e. The van der Waals surface area contributed by atoms with E-state index in [1.54, 1.807) is 13.8 Å². The van der Waals surface area contributed by atoms with Crippen LogP contribution in [0, 0.1) is 25.1 Å². The first kappa shape index (κ1) is 11.3. The number of benzene rings is 1. The number of aryl methyl sites for hydroxylation is 2. The van der Waals surface area contributed by atoms with E-state index >= 15 is 0 Å². The average molecular weight is 220 g/mol. The van der Waals surface area contributed by atoms with Gasteiger partial charge in [-0.25, -0.2) is 4.39 Å².